The van der Waals surface area contributed by atoms with Gasteiger partial charge >= 0.3 is 0 Å². The van der Waals surface area contributed by atoms with Gasteiger partial charge in [0.05, 0.1) is 0 Å². The van der Waals surface area contributed by atoms with Gasteiger partial charge in [0.25, 0.3) is 0 Å². The highest BCUT2D eigenvalue weighted by atomic mass is 14.6. The molecule has 0 rings (SSSR count). The molecule has 0 aromatic rings. The van der Waals surface area contributed by atoms with Crippen LogP contribution in [0.1, 0.15) is 46.0 Å². The topological polar surface area (TPSA) is 52.0 Å². The summed E-state index contributed by atoms with van der Waals surface area (Å²) < 4.78 is 0. The maximum absolute atomic E-state index is 5.88. The highest BCUT2D eigenvalue weighted by Gasteiger charge is 2.11. The third-order valence-electron chi connectivity index (χ3n) is 2.45. The van der Waals surface area contributed by atoms with Crippen molar-refractivity contribution >= 4 is 0 Å². The van der Waals surface area contributed by atoms with Gasteiger partial charge in [-0.3, -0.25) is 0 Å². The minimum atomic E-state index is 0.336. The van der Waals surface area contributed by atoms with E-state index in [1.165, 1.54) is 25.7 Å². The first-order valence-corrected chi connectivity index (χ1v) is 5.18. The van der Waals surface area contributed by atoms with Crippen LogP contribution in [-0.4, -0.2) is 12.6 Å². The summed E-state index contributed by atoms with van der Waals surface area (Å²) in [5, 5.41) is 0. The molecule has 0 fully saturated rings. The van der Waals surface area contributed by atoms with E-state index in [0.717, 1.165) is 13.0 Å². The zero-order chi connectivity index (χ0) is 9.40. The molecule has 12 heavy (non-hydrogen) atoms. The van der Waals surface area contributed by atoms with E-state index in [2.05, 4.69) is 13.8 Å². The number of hydrogen-bond donors (Lipinski definition) is 2. The second-order valence-electron chi connectivity index (χ2n) is 3.69. The Morgan fingerprint density at radius 1 is 1.17 bits per heavy atom. The Morgan fingerprint density at radius 3 is 2.17 bits per heavy atom. The lowest BCUT2D eigenvalue weighted by atomic mass is 9.91. The fraction of sp³-hybridized carbons (Fsp3) is 1.00. The van der Waals surface area contributed by atoms with Crippen LogP contribution in [0.25, 0.3) is 0 Å². The van der Waals surface area contributed by atoms with Crippen LogP contribution in [-0.2, 0) is 0 Å². The first-order valence-electron chi connectivity index (χ1n) is 5.18. The van der Waals surface area contributed by atoms with Crippen molar-refractivity contribution < 1.29 is 0 Å². The predicted molar refractivity (Wildman–Crippen MR) is 55.0 cm³/mol. The van der Waals surface area contributed by atoms with E-state index in [9.17, 15) is 0 Å². The van der Waals surface area contributed by atoms with Crippen molar-refractivity contribution in [3.8, 4) is 0 Å². The molecule has 0 radical (unpaired) electrons. The van der Waals surface area contributed by atoms with Gasteiger partial charge in [-0.05, 0) is 38.6 Å². The summed E-state index contributed by atoms with van der Waals surface area (Å²) in [6, 6.07) is 0.336. The molecule has 2 heteroatoms. The summed E-state index contributed by atoms with van der Waals surface area (Å²) in [7, 11) is 0. The molecule has 0 amide bonds. The fourth-order valence-corrected chi connectivity index (χ4v) is 1.52. The molecule has 2 nitrogen and oxygen atoms in total. The lowest BCUT2D eigenvalue weighted by Gasteiger charge is -2.19. The molecule has 0 aliphatic rings. The zero-order valence-electron chi connectivity index (χ0n) is 8.55. The third kappa shape index (κ3) is 5.56. The van der Waals surface area contributed by atoms with E-state index in [0.29, 0.717) is 12.0 Å². The summed E-state index contributed by atoms with van der Waals surface area (Å²) >= 11 is 0. The Bertz CT molecular complexity index is 83.8. The quantitative estimate of drug-likeness (QED) is 0.616. The molecule has 0 aliphatic carbocycles. The Labute approximate surface area is 76.7 Å². The maximum Gasteiger partial charge on any atom is 0.00387 e. The van der Waals surface area contributed by atoms with Gasteiger partial charge < -0.3 is 11.5 Å². The van der Waals surface area contributed by atoms with Crippen LogP contribution in [0.3, 0.4) is 0 Å². The number of hydrogen-bond acceptors (Lipinski definition) is 2. The van der Waals surface area contributed by atoms with Crippen molar-refractivity contribution in [3.05, 3.63) is 0 Å². The van der Waals surface area contributed by atoms with Gasteiger partial charge in [-0.15, -0.1) is 0 Å². The van der Waals surface area contributed by atoms with E-state index in [1.54, 1.807) is 0 Å². The van der Waals surface area contributed by atoms with Crippen LogP contribution in [0, 0.1) is 5.92 Å². The molecule has 2 atom stereocenters. The molecule has 2 unspecified atom stereocenters. The van der Waals surface area contributed by atoms with Crippen molar-refractivity contribution in [2.75, 3.05) is 6.54 Å². The average molecular weight is 172 g/mol. The Morgan fingerprint density at radius 2 is 1.75 bits per heavy atom. The monoisotopic (exact) mass is 172 g/mol. The Balaban J connectivity index is 3.55. The molecular formula is C10H24N2. The van der Waals surface area contributed by atoms with Crippen molar-refractivity contribution in [2.24, 2.45) is 17.4 Å². The molecular weight excluding hydrogens is 148 g/mol. The standard InChI is InChI=1S/C10H24N2/c1-3-4-6-10(9(2)12)7-5-8-11/h9-10H,3-8,11-12H2,1-2H3. The van der Waals surface area contributed by atoms with E-state index >= 15 is 0 Å². The summed E-state index contributed by atoms with van der Waals surface area (Å²) in [6.07, 6.45) is 6.17. The second kappa shape index (κ2) is 7.56. The predicted octanol–water partition coefficient (Wildman–Crippen LogP) is 1.88. The molecule has 0 aliphatic heterocycles. The minimum absolute atomic E-state index is 0.336. The van der Waals surface area contributed by atoms with Gasteiger partial charge in [0, 0.05) is 6.04 Å². The molecule has 74 valence electrons. The van der Waals surface area contributed by atoms with Crippen LogP contribution in [0.5, 0.6) is 0 Å². The van der Waals surface area contributed by atoms with Gasteiger partial charge in [0.1, 0.15) is 0 Å². The van der Waals surface area contributed by atoms with E-state index < -0.39 is 0 Å². The SMILES string of the molecule is CCCCC(CCCN)C(C)N. The normalized spacial score (nSPS) is 16.0. The summed E-state index contributed by atoms with van der Waals surface area (Å²) in [5.74, 6) is 0.688. The van der Waals surface area contributed by atoms with Crippen molar-refractivity contribution in [1.82, 2.24) is 0 Å². The molecule has 0 spiro atoms. The van der Waals surface area contributed by atoms with Gasteiger partial charge in [-0.1, -0.05) is 19.8 Å². The second-order valence-corrected chi connectivity index (χ2v) is 3.69. The van der Waals surface area contributed by atoms with Gasteiger partial charge in [0.15, 0.2) is 0 Å². The van der Waals surface area contributed by atoms with Crippen molar-refractivity contribution in [1.29, 1.82) is 0 Å². The average Bonchev–Trinajstić information content (AvgIpc) is 2.04. The number of unbranched alkanes of at least 4 members (excludes halogenated alkanes) is 1. The van der Waals surface area contributed by atoms with Gasteiger partial charge in [0.2, 0.25) is 0 Å². The molecule has 0 bridgehead atoms. The lowest BCUT2D eigenvalue weighted by molar-refractivity contribution is 0.368. The first-order chi connectivity index (χ1) is 5.72. The van der Waals surface area contributed by atoms with Crippen molar-refractivity contribution in [3.63, 3.8) is 0 Å². The fourth-order valence-electron chi connectivity index (χ4n) is 1.52. The third-order valence-corrected chi connectivity index (χ3v) is 2.45. The summed E-state index contributed by atoms with van der Waals surface area (Å²) in [6.45, 7) is 5.13. The zero-order valence-corrected chi connectivity index (χ0v) is 8.55. The minimum Gasteiger partial charge on any atom is -0.330 e. The van der Waals surface area contributed by atoms with Gasteiger partial charge in [-0.2, -0.15) is 0 Å². The van der Waals surface area contributed by atoms with Gasteiger partial charge in [-0.25, -0.2) is 0 Å². The first kappa shape index (κ1) is 11.9. The Kier molecular flexibility index (Phi) is 7.51. The van der Waals surface area contributed by atoms with E-state index in [4.69, 9.17) is 11.5 Å². The maximum atomic E-state index is 5.88. The highest BCUT2D eigenvalue weighted by molar-refractivity contribution is 4.68. The number of nitrogens with two attached hydrogens (primary N) is 2. The molecule has 0 saturated heterocycles. The Hall–Kier alpha value is -0.0800. The lowest BCUT2D eigenvalue weighted by Crippen LogP contribution is -2.27. The summed E-state index contributed by atoms with van der Waals surface area (Å²) in [4.78, 5) is 0. The smallest absolute Gasteiger partial charge is 0.00387 e. The van der Waals surface area contributed by atoms with Crippen LogP contribution in [0.2, 0.25) is 0 Å². The molecule has 0 aromatic heterocycles. The van der Waals surface area contributed by atoms with Crippen molar-refractivity contribution in [2.45, 2.75) is 52.0 Å². The molecule has 0 saturated carbocycles. The van der Waals surface area contributed by atoms with E-state index in [1.807, 2.05) is 0 Å². The van der Waals surface area contributed by atoms with Crippen LogP contribution in [0.4, 0.5) is 0 Å². The summed E-state index contributed by atoms with van der Waals surface area (Å²) in [5.41, 5.74) is 11.3. The highest BCUT2D eigenvalue weighted by Crippen LogP contribution is 2.17. The van der Waals surface area contributed by atoms with Crippen LogP contribution in [0.15, 0.2) is 0 Å². The molecule has 4 N–H and O–H groups in total. The number of rotatable bonds is 7. The van der Waals surface area contributed by atoms with Crippen LogP contribution < -0.4 is 11.5 Å². The van der Waals surface area contributed by atoms with E-state index in [-0.39, 0.29) is 0 Å². The molecule has 0 heterocycles. The largest absolute Gasteiger partial charge is 0.330 e. The van der Waals surface area contributed by atoms with Crippen LogP contribution >= 0.6 is 0 Å². The molecule has 0 aromatic carbocycles.